The van der Waals surface area contributed by atoms with Crippen molar-refractivity contribution in [2.45, 2.75) is 0 Å². The van der Waals surface area contributed by atoms with Gasteiger partial charge in [0.1, 0.15) is 17.2 Å². The highest BCUT2D eigenvalue weighted by atomic mass is 16.6. The van der Waals surface area contributed by atoms with Gasteiger partial charge in [0.15, 0.2) is 0 Å². The van der Waals surface area contributed by atoms with E-state index in [1.165, 1.54) is 54.6 Å². The summed E-state index contributed by atoms with van der Waals surface area (Å²) in [6, 6.07) is 15.3. The van der Waals surface area contributed by atoms with Crippen LogP contribution in [0.2, 0.25) is 0 Å². The lowest BCUT2D eigenvalue weighted by Gasteiger charge is -2.10. The summed E-state index contributed by atoms with van der Waals surface area (Å²) in [6.07, 6.45) is 0. The van der Waals surface area contributed by atoms with Gasteiger partial charge in [0.2, 0.25) is 11.5 Å². The zero-order valence-corrected chi connectivity index (χ0v) is 13.6. The Hall–Kier alpha value is -4.14. The van der Waals surface area contributed by atoms with Crippen molar-refractivity contribution >= 4 is 11.4 Å². The molecular weight excluding hydrogens is 356 g/mol. The fourth-order valence-corrected chi connectivity index (χ4v) is 2.32. The predicted molar refractivity (Wildman–Crippen MR) is 94.4 cm³/mol. The van der Waals surface area contributed by atoms with E-state index in [4.69, 9.17) is 9.47 Å². The van der Waals surface area contributed by atoms with E-state index in [1.54, 1.807) is 12.1 Å². The van der Waals surface area contributed by atoms with Crippen molar-refractivity contribution in [3.05, 3.63) is 87.0 Å². The van der Waals surface area contributed by atoms with Crippen LogP contribution in [0.3, 0.4) is 0 Å². The van der Waals surface area contributed by atoms with Gasteiger partial charge in [0.25, 0.3) is 0 Å². The van der Waals surface area contributed by atoms with Crippen molar-refractivity contribution in [1.82, 2.24) is 0 Å². The van der Waals surface area contributed by atoms with Crippen LogP contribution in [-0.4, -0.2) is 15.0 Å². The third-order valence-corrected chi connectivity index (χ3v) is 3.44. The molecule has 0 spiro atoms. The van der Waals surface area contributed by atoms with Gasteiger partial charge in [-0.2, -0.15) is 0 Å². The van der Waals surface area contributed by atoms with E-state index < -0.39 is 9.85 Å². The fraction of sp³-hybridized carbons (Fsp3) is 0. The van der Waals surface area contributed by atoms with Crippen LogP contribution >= 0.6 is 0 Å². The van der Waals surface area contributed by atoms with Crippen LogP contribution in [0.5, 0.6) is 28.7 Å². The maximum Gasteiger partial charge on any atom is 0.311 e. The monoisotopic (exact) mass is 368 g/mol. The summed E-state index contributed by atoms with van der Waals surface area (Å²) in [7, 11) is 0. The van der Waals surface area contributed by atoms with Gasteiger partial charge in [0.05, 0.1) is 9.85 Å². The second-order valence-electron chi connectivity index (χ2n) is 5.32. The molecule has 0 unspecified atom stereocenters. The number of nitro groups is 2. The van der Waals surface area contributed by atoms with Crippen molar-refractivity contribution in [3.63, 3.8) is 0 Å². The largest absolute Gasteiger partial charge is 0.508 e. The third-order valence-electron chi connectivity index (χ3n) is 3.44. The van der Waals surface area contributed by atoms with E-state index in [1.807, 2.05) is 0 Å². The highest BCUT2D eigenvalue weighted by molar-refractivity contribution is 5.52. The molecule has 1 N–H and O–H groups in total. The minimum atomic E-state index is -0.594. The zero-order valence-electron chi connectivity index (χ0n) is 13.6. The van der Waals surface area contributed by atoms with Gasteiger partial charge in [-0.05, 0) is 12.1 Å². The molecule has 0 radical (unpaired) electrons. The number of phenolic OH excluding ortho intramolecular Hbond substituents is 1. The topological polar surface area (TPSA) is 125 Å². The molecule has 0 fully saturated rings. The van der Waals surface area contributed by atoms with Crippen LogP contribution in [0.25, 0.3) is 0 Å². The van der Waals surface area contributed by atoms with Gasteiger partial charge in [-0.15, -0.1) is 0 Å². The van der Waals surface area contributed by atoms with Crippen molar-refractivity contribution in [2.75, 3.05) is 0 Å². The van der Waals surface area contributed by atoms with E-state index in [0.717, 1.165) is 0 Å². The van der Waals surface area contributed by atoms with Crippen LogP contribution in [0.4, 0.5) is 11.4 Å². The summed E-state index contributed by atoms with van der Waals surface area (Å²) >= 11 is 0. The first kappa shape index (κ1) is 17.7. The Bertz CT molecular complexity index is 942. The van der Waals surface area contributed by atoms with E-state index in [0.29, 0.717) is 0 Å². The van der Waals surface area contributed by atoms with E-state index in [2.05, 4.69) is 0 Å². The molecule has 0 bridgehead atoms. The highest BCUT2D eigenvalue weighted by Crippen LogP contribution is 2.37. The number of nitrogens with zero attached hydrogens (tertiary/aromatic N) is 2. The number of ether oxygens (including phenoxy) is 2. The lowest BCUT2D eigenvalue weighted by atomic mass is 10.2. The van der Waals surface area contributed by atoms with E-state index in [-0.39, 0.29) is 40.1 Å². The first-order valence-corrected chi connectivity index (χ1v) is 7.60. The number of phenols is 1. The molecule has 3 rings (SSSR count). The molecule has 0 aromatic heterocycles. The molecule has 0 aliphatic carbocycles. The number of rotatable bonds is 6. The van der Waals surface area contributed by atoms with Gasteiger partial charge >= 0.3 is 11.4 Å². The molecule has 0 aliphatic rings. The first-order valence-electron chi connectivity index (χ1n) is 7.60. The van der Waals surface area contributed by atoms with Crippen molar-refractivity contribution in [1.29, 1.82) is 0 Å². The second kappa shape index (κ2) is 7.40. The molecule has 0 saturated carbocycles. The molecule has 3 aromatic carbocycles. The van der Waals surface area contributed by atoms with Gasteiger partial charge in [0, 0.05) is 30.3 Å². The van der Waals surface area contributed by atoms with Gasteiger partial charge in [-0.3, -0.25) is 20.2 Å². The first-order chi connectivity index (χ1) is 12.9. The summed E-state index contributed by atoms with van der Waals surface area (Å²) in [5, 5.41) is 32.0. The molecule has 0 saturated heterocycles. The number of hydrogen-bond acceptors (Lipinski definition) is 7. The minimum Gasteiger partial charge on any atom is -0.508 e. The third kappa shape index (κ3) is 4.10. The SMILES string of the molecule is O=[N+]([O-])c1ccccc1Oc1cc(O)cc(Oc2ccccc2[N+](=O)[O-])c1. The second-order valence-corrected chi connectivity index (χ2v) is 5.32. The van der Waals surface area contributed by atoms with Gasteiger partial charge in [-0.25, -0.2) is 0 Å². The summed E-state index contributed by atoms with van der Waals surface area (Å²) in [5.74, 6) is -0.148. The average Bonchev–Trinajstić information content (AvgIpc) is 2.61. The lowest BCUT2D eigenvalue weighted by molar-refractivity contribution is -0.385. The Morgan fingerprint density at radius 2 is 1.11 bits per heavy atom. The molecular formula is C18H12N2O7. The molecule has 3 aromatic rings. The molecule has 136 valence electrons. The normalized spacial score (nSPS) is 10.2. The summed E-state index contributed by atoms with van der Waals surface area (Å²) in [6.45, 7) is 0. The molecule has 9 nitrogen and oxygen atoms in total. The smallest absolute Gasteiger partial charge is 0.311 e. The Morgan fingerprint density at radius 3 is 1.52 bits per heavy atom. The summed E-state index contributed by atoms with van der Waals surface area (Å²) < 4.78 is 11.0. The van der Waals surface area contributed by atoms with E-state index >= 15 is 0 Å². The molecule has 0 heterocycles. The number of hydrogen-bond donors (Lipinski definition) is 1. The fourth-order valence-electron chi connectivity index (χ4n) is 2.32. The average molecular weight is 368 g/mol. The number of nitro benzene ring substituents is 2. The maximum absolute atomic E-state index is 11.1. The Kier molecular flexibility index (Phi) is 4.84. The molecule has 0 atom stereocenters. The van der Waals surface area contributed by atoms with Crippen molar-refractivity contribution in [3.8, 4) is 28.7 Å². The summed E-state index contributed by atoms with van der Waals surface area (Å²) in [5.41, 5.74) is -0.496. The van der Waals surface area contributed by atoms with Gasteiger partial charge < -0.3 is 14.6 Å². The van der Waals surface area contributed by atoms with Crippen LogP contribution in [0.15, 0.2) is 66.7 Å². The standard InChI is InChI=1S/C18H12N2O7/c21-12-9-13(26-17-7-3-1-5-15(17)19(22)23)11-14(10-12)27-18-8-4-2-6-16(18)20(24)25/h1-11,21H. The van der Waals surface area contributed by atoms with Crippen molar-refractivity contribution < 1.29 is 24.4 Å². The lowest BCUT2D eigenvalue weighted by Crippen LogP contribution is -1.94. The van der Waals surface area contributed by atoms with E-state index in [9.17, 15) is 25.3 Å². The Morgan fingerprint density at radius 1 is 0.704 bits per heavy atom. The molecule has 27 heavy (non-hydrogen) atoms. The molecule has 0 aliphatic heterocycles. The minimum absolute atomic E-state index is 0.0234. The maximum atomic E-state index is 11.1. The van der Waals surface area contributed by atoms with Crippen LogP contribution in [0.1, 0.15) is 0 Å². The Balaban J connectivity index is 1.92. The zero-order chi connectivity index (χ0) is 19.4. The Labute approximate surface area is 152 Å². The number of aromatic hydroxyl groups is 1. The van der Waals surface area contributed by atoms with Crippen molar-refractivity contribution in [2.24, 2.45) is 0 Å². The quantitative estimate of drug-likeness (QED) is 0.489. The molecule has 0 amide bonds. The number of benzene rings is 3. The summed E-state index contributed by atoms with van der Waals surface area (Å²) in [4.78, 5) is 21.0. The van der Waals surface area contributed by atoms with Crippen LogP contribution in [-0.2, 0) is 0 Å². The predicted octanol–water partition coefficient (Wildman–Crippen LogP) is 4.79. The van der Waals surface area contributed by atoms with Gasteiger partial charge in [-0.1, -0.05) is 24.3 Å². The highest BCUT2D eigenvalue weighted by Gasteiger charge is 2.17. The van der Waals surface area contributed by atoms with Crippen LogP contribution in [0, 0.1) is 20.2 Å². The molecule has 9 heteroatoms. The van der Waals surface area contributed by atoms with Crippen LogP contribution < -0.4 is 9.47 Å². The number of para-hydroxylation sites is 4.